The lowest BCUT2D eigenvalue weighted by Crippen LogP contribution is -2.21. The molecular formula is C12H13FN4O. The zero-order valence-electron chi connectivity index (χ0n) is 9.77. The molecule has 1 aromatic heterocycles. The Labute approximate surface area is 103 Å². The number of nitrogens with two attached hydrogens (primary N) is 3. The highest BCUT2D eigenvalue weighted by Gasteiger charge is 2.11. The Hall–Kier alpha value is -2.50. The second-order valence-corrected chi connectivity index (χ2v) is 4.01. The quantitative estimate of drug-likeness (QED) is 0.656. The molecule has 0 spiro atoms. The maximum absolute atomic E-state index is 13.3. The normalized spacial score (nSPS) is 10.6. The number of hydrogen-bond acceptors (Lipinski definition) is 4. The number of anilines is 3. The maximum atomic E-state index is 13.3. The molecule has 0 saturated carbocycles. The van der Waals surface area contributed by atoms with Crippen LogP contribution in [0.5, 0.6) is 0 Å². The van der Waals surface area contributed by atoms with E-state index in [9.17, 15) is 9.18 Å². The van der Waals surface area contributed by atoms with Crippen LogP contribution in [-0.2, 0) is 0 Å². The van der Waals surface area contributed by atoms with Crippen LogP contribution in [0.4, 0.5) is 21.6 Å². The standard InChI is InChI=1S/C12H13FN4O/c1-6-2-3-10(18)17(12(6)16)7-4-8(14)11(13)9(15)5-7/h2-5H,14-16H2,1H3. The predicted octanol–water partition coefficient (Wildman–Crippen LogP) is 1.03. The number of nitrogens with zero attached hydrogens (tertiary/aromatic N) is 1. The average Bonchev–Trinajstić information content (AvgIpc) is 2.31. The average molecular weight is 248 g/mol. The molecule has 5 nitrogen and oxygen atoms in total. The van der Waals surface area contributed by atoms with E-state index in [1.807, 2.05) is 0 Å². The molecule has 2 aromatic rings. The first-order valence-electron chi connectivity index (χ1n) is 5.25. The smallest absolute Gasteiger partial charge is 0.256 e. The zero-order chi connectivity index (χ0) is 13.4. The Morgan fingerprint density at radius 1 is 1.11 bits per heavy atom. The van der Waals surface area contributed by atoms with Gasteiger partial charge in [-0.2, -0.15) is 0 Å². The number of nitrogen functional groups attached to an aromatic ring is 3. The molecule has 0 atom stereocenters. The van der Waals surface area contributed by atoms with Crippen LogP contribution in [-0.4, -0.2) is 4.57 Å². The molecule has 0 bridgehead atoms. The van der Waals surface area contributed by atoms with E-state index in [0.29, 0.717) is 5.69 Å². The van der Waals surface area contributed by atoms with Crippen molar-refractivity contribution in [1.29, 1.82) is 0 Å². The number of hydrogen-bond donors (Lipinski definition) is 3. The second kappa shape index (κ2) is 4.06. The summed E-state index contributed by atoms with van der Waals surface area (Å²) in [5.41, 5.74) is 17.3. The van der Waals surface area contributed by atoms with Crippen molar-refractivity contribution in [2.75, 3.05) is 17.2 Å². The van der Waals surface area contributed by atoms with Gasteiger partial charge in [-0.1, -0.05) is 6.07 Å². The Morgan fingerprint density at radius 3 is 2.22 bits per heavy atom. The summed E-state index contributed by atoms with van der Waals surface area (Å²) in [7, 11) is 0. The van der Waals surface area contributed by atoms with Gasteiger partial charge in [-0.25, -0.2) is 4.39 Å². The third kappa shape index (κ3) is 1.77. The first-order valence-corrected chi connectivity index (χ1v) is 5.25. The van der Waals surface area contributed by atoms with Crippen LogP contribution in [0.2, 0.25) is 0 Å². The molecule has 0 amide bonds. The van der Waals surface area contributed by atoms with E-state index >= 15 is 0 Å². The van der Waals surface area contributed by atoms with Gasteiger partial charge in [0.25, 0.3) is 5.56 Å². The summed E-state index contributed by atoms with van der Waals surface area (Å²) in [6, 6.07) is 5.64. The number of aryl methyl sites for hydroxylation is 1. The highest BCUT2D eigenvalue weighted by Crippen LogP contribution is 2.23. The van der Waals surface area contributed by atoms with Gasteiger partial charge in [-0.3, -0.25) is 9.36 Å². The first kappa shape index (κ1) is 12.0. The highest BCUT2D eigenvalue weighted by molar-refractivity contribution is 5.62. The molecule has 94 valence electrons. The molecule has 0 fully saturated rings. The van der Waals surface area contributed by atoms with Crippen molar-refractivity contribution in [2.24, 2.45) is 0 Å². The second-order valence-electron chi connectivity index (χ2n) is 4.01. The number of aromatic nitrogens is 1. The summed E-state index contributed by atoms with van der Waals surface area (Å²) >= 11 is 0. The molecule has 0 radical (unpaired) electrons. The van der Waals surface area contributed by atoms with Crippen molar-refractivity contribution >= 4 is 17.2 Å². The van der Waals surface area contributed by atoms with Crippen molar-refractivity contribution in [3.05, 3.63) is 46.0 Å². The Bertz CT molecular complexity index is 655. The third-order valence-corrected chi connectivity index (χ3v) is 2.71. The van der Waals surface area contributed by atoms with Gasteiger partial charge in [-0.15, -0.1) is 0 Å². The summed E-state index contributed by atoms with van der Waals surface area (Å²) in [6.45, 7) is 1.77. The highest BCUT2D eigenvalue weighted by atomic mass is 19.1. The lowest BCUT2D eigenvalue weighted by atomic mass is 10.2. The molecule has 0 aliphatic rings. The van der Waals surface area contributed by atoms with Crippen molar-refractivity contribution in [3.63, 3.8) is 0 Å². The molecular weight excluding hydrogens is 235 g/mol. The summed E-state index contributed by atoms with van der Waals surface area (Å²) in [6.07, 6.45) is 0. The molecule has 0 aliphatic carbocycles. The number of halogens is 1. The fourth-order valence-electron chi connectivity index (χ4n) is 1.70. The molecule has 6 N–H and O–H groups in total. The minimum Gasteiger partial charge on any atom is -0.396 e. The molecule has 1 aromatic carbocycles. The Balaban J connectivity index is 2.78. The van der Waals surface area contributed by atoms with Crippen molar-refractivity contribution in [1.82, 2.24) is 4.57 Å². The number of rotatable bonds is 1. The van der Waals surface area contributed by atoms with Crippen LogP contribution in [0.25, 0.3) is 5.69 Å². The van der Waals surface area contributed by atoms with Gasteiger partial charge in [0, 0.05) is 6.07 Å². The number of benzene rings is 1. The van der Waals surface area contributed by atoms with Gasteiger partial charge in [0.1, 0.15) is 5.82 Å². The SMILES string of the molecule is Cc1ccc(=O)n(-c2cc(N)c(F)c(N)c2)c1N. The monoisotopic (exact) mass is 248 g/mol. The van der Waals surface area contributed by atoms with E-state index < -0.39 is 5.82 Å². The molecule has 6 heteroatoms. The lowest BCUT2D eigenvalue weighted by Gasteiger charge is -2.13. The summed E-state index contributed by atoms with van der Waals surface area (Å²) < 4.78 is 14.6. The van der Waals surface area contributed by atoms with E-state index in [0.717, 1.165) is 5.56 Å². The van der Waals surface area contributed by atoms with E-state index in [2.05, 4.69) is 0 Å². The Morgan fingerprint density at radius 2 is 1.67 bits per heavy atom. The van der Waals surface area contributed by atoms with E-state index in [1.165, 1.54) is 22.8 Å². The van der Waals surface area contributed by atoms with Crippen LogP contribution < -0.4 is 22.8 Å². The minimum absolute atomic E-state index is 0.127. The van der Waals surface area contributed by atoms with Gasteiger partial charge in [0.2, 0.25) is 0 Å². The van der Waals surface area contributed by atoms with Gasteiger partial charge in [-0.05, 0) is 24.6 Å². The topological polar surface area (TPSA) is 100 Å². The Kier molecular flexibility index (Phi) is 2.70. The van der Waals surface area contributed by atoms with E-state index in [4.69, 9.17) is 17.2 Å². The molecule has 18 heavy (non-hydrogen) atoms. The predicted molar refractivity (Wildman–Crippen MR) is 70.0 cm³/mol. The summed E-state index contributed by atoms with van der Waals surface area (Å²) in [4.78, 5) is 11.8. The molecule has 2 rings (SSSR count). The lowest BCUT2D eigenvalue weighted by molar-refractivity contribution is 0.636. The molecule has 1 heterocycles. The van der Waals surface area contributed by atoms with Crippen molar-refractivity contribution < 1.29 is 4.39 Å². The zero-order valence-corrected chi connectivity index (χ0v) is 9.77. The van der Waals surface area contributed by atoms with E-state index in [1.54, 1.807) is 13.0 Å². The van der Waals surface area contributed by atoms with Gasteiger partial charge < -0.3 is 17.2 Å². The van der Waals surface area contributed by atoms with Gasteiger partial charge >= 0.3 is 0 Å². The minimum atomic E-state index is -0.696. The molecule has 0 unspecified atom stereocenters. The van der Waals surface area contributed by atoms with Gasteiger partial charge in [0.15, 0.2) is 5.82 Å². The summed E-state index contributed by atoms with van der Waals surface area (Å²) in [5.74, 6) is -0.425. The summed E-state index contributed by atoms with van der Waals surface area (Å²) in [5, 5.41) is 0. The molecule has 0 saturated heterocycles. The van der Waals surface area contributed by atoms with Gasteiger partial charge in [0.05, 0.1) is 17.1 Å². The molecule has 0 aliphatic heterocycles. The van der Waals surface area contributed by atoms with Crippen molar-refractivity contribution in [2.45, 2.75) is 6.92 Å². The van der Waals surface area contributed by atoms with Crippen LogP contribution in [0.3, 0.4) is 0 Å². The van der Waals surface area contributed by atoms with E-state index in [-0.39, 0.29) is 22.8 Å². The van der Waals surface area contributed by atoms with Crippen LogP contribution >= 0.6 is 0 Å². The van der Waals surface area contributed by atoms with Crippen LogP contribution in [0.1, 0.15) is 5.56 Å². The number of pyridine rings is 1. The van der Waals surface area contributed by atoms with Crippen LogP contribution in [0.15, 0.2) is 29.1 Å². The first-order chi connectivity index (χ1) is 8.41. The third-order valence-electron chi connectivity index (χ3n) is 2.71. The van der Waals surface area contributed by atoms with Crippen LogP contribution in [0, 0.1) is 12.7 Å². The maximum Gasteiger partial charge on any atom is 0.256 e. The largest absolute Gasteiger partial charge is 0.396 e. The fourth-order valence-corrected chi connectivity index (χ4v) is 1.70. The fraction of sp³-hybridized carbons (Fsp3) is 0.0833. The van der Waals surface area contributed by atoms with Crippen molar-refractivity contribution in [3.8, 4) is 5.69 Å².